The number of nitrogens with zero attached hydrogens (tertiary/aromatic N) is 3. The first-order valence-electron chi connectivity index (χ1n) is 9.89. The Balaban J connectivity index is 1.55. The summed E-state index contributed by atoms with van der Waals surface area (Å²) in [6.45, 7) is 2.28. The van der Waals surface area contributed by atoms with Gasteiger partial charge in [0.1, 0.15) is 12.4 Å². The molecule has 0 aliphatic heterocycles. The van der Waals surface area contributed by atoms with Gasteiger partial charge in [-0.2, -0.15) is 9.78 Å². The lowest BCUT2D eigenvalue weighted by atomic mass is 10.0. The zero-order valence-electron chi connectivity index (χ0n) is 17.3. The molecule has 2 aromatic carbocycles. The Kier molecular flexibility index (Phi) is 6.07. The summed E-state index contributed by atoms with van der Waals surface area (Å²) in [4.78, 5) is 15.4. The van der Waals surface area contributed by atoms with Crippen LogP contribution in [0.1, 0.15) is 32.6 Å². The zero-order chi connectivity index (χ0) is 22.5. The van der Waals surface area contributed by atoms with E-state index in [2.05, 4.69) is 10.1 Å². The molecule has 160 valence electrons. The van der Waals surface area contributed by atoms with Gasteiger partial charge >= 0.3 is 5.97 Å². The van der Waals surface area contributed by atoms with Crippen molar-refractivity contribution in [1.82, 2.24) is 14.8 Å². The highest BCUT2D eigenvalue weighted by Gasteiger charge is 2.11. The minimum Gasteiger partial charge on any atom is -0.478 e. The monoisotopic (exact) mass is 429 g/mol. The minimum absolute atomic E-state index is 0.114. The Morgan fingerprint density at radius 2 is 1.88 bits per heavy atom. The van der Waals surface area contributed by atoms with Gasteiger partial charge in [-0.15, -0.1) is 0 Å². The molecule has 0 unspecified atom stereocenters. The summed E-state index contributed by atoms with van der Waals surface area (Å²) >= 11 is 0. The summed E-state index contributed by atoms with van der Waals surface area (Å²) in [5, 5.41) is 13.4. The molecule has 7 heteroatoms. The summed E-state index contributed by atoms with van der Waals surface area (Å²) in [5.41, 5.74) is 4.04. The van der Waals surface area contributed by atoms with E-state index in [1.165, 1.54) is 35.1 Å². The summed E-state index contributed by atoms with van der Waals surface area (Å²) < 4.78 is 20.6. The third-order valence-corrected chi connectivity index (χ3v) is 4.82. The summed E-state index contributed by atoms with van der Waals surface area (Å²) in [6.07, 6.45) is 6.87. The molecule has 0 radical (unpaired) electrons. The second kappa shape index (κ2) is 9.26. The van der Waals surface area contributed by atoms with E-state index >= 15 is 0 Å². The van der Waals surface area contributed by atoms with Gasteiger partial charge in [0.05, 0.1) is 11.8 Å². The number of benzene rings is 2. The maximum atomic E-state index is 13.1. The van der Waals surface area contributed by atoms with Crippen molar-refractivity contribution in [3.8, 4) is 11.7 Å². The van der Waals surface area contributed by atoms with Crippen LogP contribution in [0, 0.1) is 12.7 Å². The number of rotatable bonds is 7. The maximum absolute atomic E-state index is 13.1. The number of hydrogen-bond donors (Lipinski definition) is 1. The largest absolute Gasteiger partial charge is 0.478 e. The van der Waals surface area contributed by atoms with Gasteiger partial charge < -0.3 is 9.84 Å². The molecule has 4 rings (SSSR count). The van der Waals surface area contributed by atoms with Crippen molar-refractivity contribution in [2.24, 2.45) is 0 Å². The molecule has 4 aromatic rings. The summed E-state index contributed by atoms with van der Waals surface area (Å²) in [5.74, 6) is -0.522. The van der Waals surface area contributed by atoms with E-state index in [-0.39, 0.29) is 18.0 Å². The lowest BCUT2D eigenvalue weighted by molar-refractivity contribution is 0.0696. The highest BCUT2D eigenvalue weighted by Crippen LogP contribution is 2.21. The lowest BCUT2D eigenvalue weighted by Gasteiger charge is -2.11. The number of aryl methyl sites for hydroxylation is 1. The predicted molar refractivity (Wildman–Crippen MR) is 119 cm³/mol. The Morgan fingerprint density at radius 1 is 1.06 bits per heavy atom. The van der Waals surface area contributed by atoms with E-state index in [0.717, 1.165) is 22.3 Å². The van der Waals surface area contributed by atoms with Crippen molar-refractivity contribution in [3.05, 3.63) is 107 Å². The van der Waals surface area contributed by atoms with E-state index < -0.39 is 5.97 Å². The molecule has 2 aromatic heterocycles. The van der Waals surface area contributed by atoms with Crippen LogP contribution in [0.4, 0.5) is 4.39 Å². The van der Waals surface area contributed by atoms with Gasteiger partial charge in [0.2, 0.25) is 5.88 Å². The number of carboxylic acid groups (broad SMARTS) is 1. The van der Waals surface area contributed by atoms with E-state index in [0.29, 0.717) is 11.7 Å². The highest BCUT2D eigenvalue weighted by atomic mass is 19.1. The van der Waals surface area contributed by atoms with Gasteiger partial charge in [-0.3, -0.25) is 0 Å². The molecule has 0 amide bonds. The van der Waals surface area contributed by atoms with Crippen LogP contribution in [0.2, 0.25) is 0 Å². The van der Waals surface area contributed by atoms with Crippen molar-refractivity contribution in [3.63, 3.8) is 0 Å². The Bertz CT molecular complexity index is 1280. The van der Waals surface area contributed by atoms with Crippen molar-refractivity contribution in [1.29, 1.82) is 0 Å². The van der Waals surface area contributed by atoms with Crippen LogP contribution in [0.15, 0.2) is 73.1 Å². The van der Waals surface area contributed by atoms with Crippen LogP contribution in [0.25, 0.3) is 18.0 Å². The van der Waals surface area contributed by atoms with Crippen LogP contribution in [0.5, 0.6) is 5.88 Å². The van der Waals surface area contributed by atoms with Gasteiger partial charge in [0, 0.05) is 12.3 Å². The van der Waals surface area contributed by atoms with Crippen LogP contribution in [-0.4, -0.2) is 25.8 Å². The third kappa shape index (κ3) is 4.89. The topological polar surface area (TPSA) is 77.2 Å². The van der Waals surface area contributed by atoms with Gasteiger partial charge in [0.15, 0.2) is 5.82 Å². The summed E-state index contributed by atoms with van der Waals surface area (Å²) in [7, 11) is 0. The third-order valence-electron chi connectivity index (χ3n) is 4.82. The minimum atomic E-state index is -1.04. The lowest BCUT2D eigenvalue weighted by Crippen LogP contribution is -2.07. The van der Waals surface area contributed by atoms with Gasteiger partial charge in [-0.05, 0) is 47.9 Å². The van der Waals surface area contributed by atoms with Crippen LogP contribution in [0.3, 0.4) is 0 Å². The molecule has 0 aliphatic rings. The molecular weight excluding hydrogens is 409 g/mol. The van der Waals surface area contributed by atoms with E-state index in [1.807, 2.05) is 37.3 Å². The fraction of sp³-hybridized carbons (Fsp3) is 0.0800. The Labute approximate surface area is 184 Å². The second-order valence-electron chi connectivity index (χ2n) is 7.16. The number of aromatic nitrogens is 3. The number of carboxylic acids is 1. The maximum Gasteiger partial charge on any atom is 0.335 e. The number of ether oxygens (including phenoxy) is 1. The normalized spacial score (nSPS) is 11.1. The molecule has 1 N–H and O–H groups in total. The van der Waals surface area contributed by atoms with Crippen LogP contribution >= 0.6 is 0 Å². The number of halogens is 1. The van der Waals surface area contributed by atoms with Gasteiger partial charge in [-0.1, -0.05) is 48.0 Å². The Morgan fingerprint density at radius 3 is 2.66 bits per heavy atom. The zero-order valence-corrected chi connectivity index (χ0v) is 17.3. The number of pyridine rings is 1. The molecule has 0 atom stereocenters. The van der Waals surface area contributed by atoms with Crippen molar-refractivity contribution >= 4 is 18.1 Å². The Hall–Kier alpha value is -4.26. The first kappa shape index (κ1) is 21.0. The van der Waals surface area contributed by atoms with Crippen molar-refractivity contribution in [2.45, 2.75) is 13.5 Å². The predicted octanol–water partition coefficient (Wildman–Crippen LogP) is 5.16. The number of aromatic carboxylic acids is 1. The fourth-order valence-electron chi connectivity index (χ4n) is 3.15. The molecule has 6 nitrogen and oxygen atoms in total. The van der Waals surface area contributed by atoms with E-state index in [1.54, 1.807) is 24.4 Å². The molecule has 0 spiro atoms. The van der Waals surface area contributed by atoms with Crippen molar-refractivity contribution < 1.29 is 19.0 Å². The molecule has 0 bridgehead atoms. The number of hydrogen-bond acceptors (Lipinski definition) is 4. The number of carbonyl (C=O) groups is 1. The van der Waals surface area contributed by atoms with Crippen molar-refractivity contribution in [2.75, 3.05) is 0 Å². The molecule has 0 fully saturated rings. The molecule has 0 saturated heterocycles. The smallest absolute Gasteiger partial charge is 0.335 e. The SMILES string of the molecule is Cc1ccc(COc2ccnn2-c2cc(C(=O)O)ccn2)c(/C=C/c2ccc(F)cc2)c1. The highest BCUT2D eigenvalue weighted by molar-refractivity contribution is 5.87. The first-order chi connectivity index (χ1) is 15.5. The molecular formula is C25H20FN3O3. The first-order valence-corrected chi connectivity index (χ1v) is 9.89. The van der Waals surface area contributed by atoms with E-state index in [9.17, 15) is 14.3 Å². The van der Waals surface area contributed by atoms with E-state index in [4.69, 9.17) is 4.74 Å². The molecule has 0 aliphatic carbocycles. The quantitative estimate of drug-likeness (QED) is 0.411. The average molecular weight is 429 g/mol. The average Bonchev–Trinajstić information content (AvgIpc) is 3.27. The molecule has 32 heavy (non-hydrogen) atoms. The second-order valence-corrected chi connectivity index (χ2v) is 7.16. The standard InChI is InChI=1S/C25H20FN3O3/c1-17-2-6-21(19(14-17)7-3-18-4-8-22(26)9-5-18)16-32-24-11-13-28-29(24)23-15-20(25(30)31)10-12-27-23/h2-15H,16H2,1H3,(H,30,31)/b7-3+. The van der Waals surface area contributed by atoms with Crippen LogP contribution < -0.4 is 4.74 Å². The fourth-order valence-corrected chi connectivity index (χ4v) is 3.15. The summed E-state index contributed by atoms with van der Waals surface area (Å²) in [6, 6.07) is 16.9. The van der Waals surface area contributed by atoms with Gasteiger partial charge in [0.25, 0.3) is 0 Å². The molecule has 0 saturated carbocycles. The van der Waals surface area contributed by atoms with Crippen LogP contribution in [-0.2, 0) is 6.61 Å². The van der Waals surface area contributed by atoms with Gasteiger partial charge in [-0.25, -0.2) is 14.2 Å². The molecule has 2 heterocycles.